The van der Waals surface area contributed by atoms with Crippen LogP contribution < -0.4 is 5.32 Å². The zero-order valence-electron chi connectivity index (χ0n) is 9.57. The Bertz CT molecular complexity index is 382. The van der Waals surface area contributed by atoms with Crippen molar-refractivity contribution in [2.45, 2.75) is 26.3 Å². The third kappa shape index (κ3) is 2.59. The van der Waals surface area contributed by atoms with Crippen molar-refractivity contribution >= 4 is 5.91 Å². The Morgan fingerprint density at radius 2 is 2.00 bits per heavy atom. The largest absolute Gasteiger partial charge is 0.436 e. The molecule has 0 atom stereocenters. The average Bonchev–Trinajstić information content (AvgIpc) is 2.57. The van der Waals surface area contributed by atoms with Crippen molar-refractivity contribution < 1.29 is 19.4 Å². The van der Waals surface area contributed by atoms with Gasteiger partial charge in [0, 0.05) is 6.92 Å². The minimum Gasteiger partial charge on any atom is -0.436 e. The second kappa shape index (κ2) is 4.63. The summed E-state index contributed by atoms with van der Waals surface area (Å²) in [5.74, 6) is 0.00618. The SMILES string of the molecule is Cc1nc(C)c(C(=O)NC(C)(CO)CO)o1. The highest BCUT2D eigenvalue weighted by atomic mass is 16.4. The van der Waals surface area contributed by atoms with E-state index in [-0.39, 0.29) is 19.0 Å². The van der Waals surface area contributed by atoms with Gasteiger partial charge in [0.1, 0.15) is 0 Å². The van der Waals surface area contributed by atoms with Crippen molar-refractivity contribution in [3.63, 3.8) is 0 Å². The molecular formula is C10H16N2O4. The van der Waals surface area contributed by atoms with E-state index in [1.54, 1.807) is 13.8 Å². The van der Waals surface area contributed by atoms with E-state index in [2.05, 4.69) is 10.3 Å². The Labute approximate surface area is 93.3 Å². The van der Waals surface area contributed by atoms with E-state index in [4.69, 9.17) is 14.6 Å². The second-order valence-corrected chi connectivity index (χ2v) is 3.98. The maximum absolute atomic E-state index is 11.7. The van der Waals surface area contributed by atoms with Crippen LogP contribution in [0.5, 0.6) is 0 Å². The van der Waals surface area contributed by atoms with Crippen LogP contribution in [0.3, 0.4) is 0 Å². The molecule has 1 aromatic rings. The molecule has 1 rings (SSSR count). The summed E-state index contributed by atoms with van der Waals surface area (Å²) in [6.07, 6.45) is 0. The smallest absolute Gasteiger partial charge is 0.289 e. The Balaban J connectivity index is 2.84. The van der Waals surface area contributed by atoms with Crippen molar-refractivity contribution in [3.8, 4) is 0 Å². The molecule has 0 aliphatic rings. The molecule has 6 heteroatoms. The molecule has 6 nitrogen and oxygen atoms in total. The van der Waals surface area contributed by atoms with Gasteiger partial charge in [0.25, 0.3) is 5.91 Å². The van der Waals surface area contributed by atoms with Crippen molar-refractivity contribution in [2.24, 2.45) is 0 Å². The summed E-state index contributed by atoms with van der Waals surface area (Å²) >= 11 is 0. The first-order chi connectivity index (χ1) is 7.41. The molecule has 0 bridgehead atoms. The Kier molecular flexibility index (Phi) is 3.66. The van der Waals surface area contributed by atoms with Gasteiger partial charge in [0.2, 0.25) is 5.76 Å². The molecule has 1 amide bonds. The van der Waals surface area contributed by atoms with Crippen LogP contribution in [0.25, 0.3) is 0 Å². The molecule has 0 saturated carbocycles. The average molecular weight is 228 g/mol. The van der Waals surface area contributed by atoms with E-state index in [0.717, 1.165) is 0 Å². The molecule has 0 unspecified atom stereocenters. The lowest BCUT2D eigenvalue weighted by molar-refractivity contribution is 0.0699. The summed E-state index contributed by atoms with van der Waals surface area (Å²) in [6.45, 7) is 4.11. The quantitative estimate of drug-likeness (QED) is 0.661. The van der Waals surface area contributed by atoms with Crippen molar-refractivity contribution in [1.29, 1.82) is 0 Å². The number of aryl methyl sites for hydroxylation is 2. The predicted molar refractivity (Wildman–Crippen MR) is 56.0 cm³/mol. The lowest BCUT2D eigenvalue weighted by Crippen LogP contribution is -2.51. The summed E-state index contributed by atoms with van der Waals surface area (Å²) in [5, 5.41) is 20.6. The maximum atomic E-state index is 11.7. The molecular weight excluding hydrogens is 212 g/mol. The van der Waals surface area contributed by atoms with Crippen molar-refractivity contribution in [3.05, 3.63) is 17.3 Å². The number of aliphatic hydroxyl groups is 2. The number of carbonyl (C=O) groups excluding carboxylic acids is 1. The first-order valence-corrected chi connectivity index (χ1v) is 4.90. The van der Waals surface area contributed by atoms with Gasteiger partial charge in [-0.05, 0) is 13.8 Å². The van der Waals surface area contributed by atoms with Crippen LogP contribution in [0, 0.1) is 13.8 Å². The van der Waals surface area contributed by atoms with E-state index in [9.17, 15) is 4.79 Å². The lowest BCUT2D eigenvalue weighted by atomic mass is 10.1. The zero-order valence-corrected chi connectivity index (χ0v) is 9.57. The lowest BCUT2D eigenvalue weighted by Gasteiger charge is -2.25. The number of nitrogens with one attached hydrogen (secondary N) is 1. The van der Waals surface area contributed by atoms with Crippen LogP contribution in [0.2, 0.25) is 0 Å². The molecule has 0 aliphatic heterocycles. The summed E-state index contributed by atoms with van der Waals surface area (Å²) in [5.41, 5.74) is -0.585. The number of carbonyl (C=O) groups is 1. The predicted octanol–water partition coefficient (Wildman–Crippen LogP) is -0.235. The Hall–Kier alpha value is -1.40. The van der Waals surface area contributed by atoms with Gasteiger partial charge < -0.3 is 19.9 Å². The fraction of sp³-hybridized carbons (Fsp3) is 0.600. The van der Waals surface area contributed by atoms with E-state index >= 15 is 0 Å². The highest BCUT2D eigenvalue weighted by molar-refractivity contribution is 5.92. The summed E-state index contributed by atoms with van der Waals surface area (Å²) < 4.78 is 5.12. The standard InChI is InChI=1S/C10H16N2O4/c1-6-8(16-7(2)11-6)9(15)12-10(3,4-13)5-14/h13-14H,4-5H2,1-3H3,(H,12,15). The molecule has 1 heterocycles. The van der Waals surface area contributed by atoms with Crippen LogP contribution in [-0.4, -0.2) is 39.9 Å². The zero-order chi connectivity index (χ0) is 12.3. The number of hydrogen-bond acceptors (Lipinski definition) is 5. The van der Waals surface area contributed by atoms with Gasteiger partial charge in [-0.25, -0.2) is 4.98 Å². The topological polar surface area (TPSA) is 95.6 Å². The highest BCUT2D eigenvalue weighted by Gasteiger charge is 2.27. The molecule has 1 aromatic heterocycles. The first kappa shape index (κ1) is 12.7. The summed E-state index contributed by atoms with van der Waals surface area (Å²) in [4.78, 5) is 15.7. The van der Waals surface area contributed by atoms with Crippen LogP contribution in [-0.2, 0) is 0 Å². The molecule has 0 fully saturated rings. The van der Waals surface area contributed by atoms with Crippen LogP contribution in [0.15, 0.2) is 4.42 Å². The van der Waals surface area contributed by atoms with E-state index < -0.39 is 11.4 Å². The van der Waals surface area contributed by atoms with Gasteiger partial charge in [-0.1, -0.05) is 0 Å². The number of aromatic nitrogens is 1. The monoisotopic (exact) mass is 228 g/mol. The number of aliphatic hydroxyl groups excluding tert-OH is 2. The summed E-state index contributed by atoms with van der Waals surface area (Å²) in [6, 6.07) is 0. The van der Waals surface area contributed by atoms with Gasteiger partial charge in [0.05, 0.1) is 24.4 Å². The molecule has 16 heavy (non-hydrogen) atoms. The molecule has 90 valence electrons. The summed E-state index contributed by atoms with van der Waals surface area (Å²) in [7, 11) is 0. The van der Waals surface area contributed by atoms with Gasteiger partial charge in [-0.2, -0.15) is 0 Å². The van der Waals surface area contributed by atoms with Crippen LogP contribution in [0.4, 0.5) is 0 Å². The van der Waals surface area contributed by atoms with Crippen molar-refractivity contribution in [1.82, 2.24) is 10.3 Å². The Morgan fingerprint density at radius 1 is 1.44 bits per heavy atom. The Morgan fingerprint density at radius 3 is 2.38 bits per heavy atom. The van der Waals surface area contributed by atoms with E-state index in [1.165, 1.54) is 6.92 Å². The first-order valence-electron chi connectivity index (χ1n) is 4.90. The molecule has 3 N–H and O–H groups in total. The number of nitrogens with zero attached hydrogens (tertiary/aromatic N) is 1. The third-order valence-electron chi connectivity index (χ3n) is 2.22. The van der Waals surface area contributed by atoms with E-state index in [0.29, 0.717) is 11.6 Å². The van der Waals surface area contributed by atoms with Crippen LogP contribution in [0.1, 0.15) is 29.1 Å². The number of hydrogen-bond donors (Lipinski definition) is 3. The minimum absolute atomic E-state index is 0.102. The fourth-order valence-electron chi connectivity index (χ4n) is 1.20. The van der Waals surface area contributed by atoms with Crippen molar-refractivity contribution in [2.75, 3.05) is 13.2 Å². The van der Waals surface area contributed by atoms with Gasteiger partial charge in [-0.3, -0.25) is 4.79 Å². The number of rotatable bonds is 4. The van der Waals surface area contributed by atoms with Gasteiger partial charge in [0.15, 0.2) is 5.89 Å². The molecule has 0 saturated heterocycles. The van der Waals surface area contributed by atoms with Crippen LogP contribution >= 0.6 is 0 Å². The van der Waals surface area contributed by atoms with Gasteiger partial charge >= 0.3 is 0 Å². The minimum atomic E-state index is -1.07. The molecule has 0 radical (unpaired) electrons. The fourth-order valence-corrected chi connectivity index (χ4v) is 1.20. The molecule has 0 spiro atoms. The second-order valence-electron chi connectivity index (χ2n) is 3.98. The van der Waals surface area contributed by atoms with Gasteiger partial charge in [-0.15, -0.1) is 0 Å². The molecule has 0 aliphatic carbocycles. The van der Waals surface area contributed by atoms with E-state index in [1.807, 2.05) is 0 Å². The maximum Gasteiger partial charge on any atom is 0.289 e. The number of amides is 1. The molecule has 0 aromatic carbocycles. The normalized spacial score (nSPS) is 11.6. The third-order valence-corrected chi connectivity index (χ3v) is 2.22. The highest BCUT2D eigenvalue weighted by Crippen LogP contribution is 2.11. The number of oxazole rings is 1.